The molecule has 1 atom stereocenters. The molecule has 262 valence electrons. The van der Waals surface area contributed by atoms with Crippen molar-refractivity contribution >= 4 is 43.9 Å². The Labute approximate surface area is 291 Å². The monoisotopic (exact) mass is 729 g/mol. The SMILES string of the molecule is CN1CCC[C@H]1COc1nc2c(c(N3CCN(S(=O)(=O)c4c(F)c(F)c(C#N)c(F)c4F)CC3)n1)CCN(c1cccc3cccc(Cl)c13)C2. The number of hydrogen-bond donors (Lipinski definition) is 0. The maximum atomic E-state index is 14.8. The molecule has 0 spiro atoms. The summed E-state index contributed by atoms with van der Waals surface area (Å²) in [6.45, 7) is 2.00. The Hall–Kier alpha value is -4.23. The third kappa shape index (κ3) is 5.97. The molecule has 1 aromatic heterocycles. The topological polar surface area (TPSA) is 106 Å². The molecule has 0 radical (unpaired) electrons. The van der Waals surface area contributed by atoms with Gasteiger partial charge in [0.25, 0.3) is 0 Å². The molecule has 0 bridgehead atoms. The Bertz CT molecular complexity index is 2110. The van der Waals surface area contributed by atoms with Crippen LogP contribution >= 0.6 is 11.6 Å². The van der Waals surface area contributed by atoms with Crippen LogP contribution in [0.1, 0.15) is 29.7 Å². The Morgan fingerprint density at radius 1 is 0.940 bits per heavy atom. The summed E-state index contributed by atoms with van der Waals surface area (Å²) in [4.78, 5) is 14.2. The Kier molecular flexibility index (Phi) is 9.23. The van der Waals surface area contributed by atoms with Crippen LogP contribution < -0.4 is 14.5 Å². The molecule has 16 heteroatoms. The molecule has 3 aromatic carbocycles. The molecule has 4 aromatic rings. The normalized spacial score (nSPS) is 18.8. The van der Waals surface area contributed by atoms with Crippen molar-refractivity contribution in [2.45, 2.75) is 36.7 Å². The van der Waals surface area contributed by atoms with Gasteiger partial charge in [-0.15, -0.1) is 0 Å². The van der Waals surface area contributed by atoms with Gasteiger partial charge in [-0.2, -0.15) is 19.5 Å². The first-order valence-corrected chi connectivity index (χ1v) is 18.0. The number of likely N-dealkylation sites (tertiary alicyclic amines) is 1. The fraction of sp³-hybridized carbons (Fsp3) is 0.382. The van der Waals surface area contributed by atoms with E-state index in [2.05, 4.69) is 9.80 Å². The van der Waals surface area contributed by atoms with E-state index in [9.17, 15) is 26.0 Å². The number of fused-ring (bicyclic) bond motifs is 2. The van der Waals surface area contributed by atoms with Gasteiger partial charge in [0.1, 0.15) is 24.1 Å². The van der Waals surface area contributed by atoms with E-state index in [0.29, 0.717) is 37.0 Å². The van der Waals surface area contributed by atoms with Crippen molar-refractivity contribution in [2.24, 2.45) is 0 Å². The summed E-state index contributed by atoms with van der Waals surface area (Å²) in [5.74, 6) is -7.84. The van der Waals surface area contributed by atoms with Crippen LogP contribution in [0.3, 0.4) is 0 Å². The maximum absolute atomic E-state index is 14.8. The predicted octanol–water partition coefficient (Wildman–Crippen LogP) is 5.26. The number of aromatic nitrogens is 2. The van der Waals surface area contributed by atoms with Crippen LogP contribution in [-0.2, 0) is 23.0 Å². The molecular weight excluding hydrogens is 698 g/mol. The lowest BCUT2D eigenvalue weighted by Crippen LogP contribution is -2.50. The molecule has 0 saturated carbocycles. The smallest absolute Gasteiger partial charge is 0.318 e. The first-order chi connectivity index (χ1) is 24.0. The van der Waals surface area contributed by atoms with Gasteiger partial charge in [-0.25, -0.2) is 26.0 Å². The molecule has 3 aliphatic heterocycles. The molecular formula is C34H32ClF4N7O3S. The van der Waals surface area contributed by atoms with Crippen LogP contribution in [0.4, 0.5) is 29.1 Å². The van der Waals surface area contributed by atoms with Gasteiger partial charge in [0, 0.05) is 55.4 Å². The number of hydrogen-bond acceptors (Lipinski definition) is 9. The first-order valence-electron chi connectivity index (χ1n) is 16.2. The van der Waals surface area contributed by atoms with Crippen molar-refractivity contribution in [1.29, 1.82) is 5.26 Å². The number of anilines is 2. The van der Waals surface area contributed by atoms with E-state index in [4.69, 9.17) is 31.6 Å². The molecule has 0 N–H and O–H groups in total. The molecule has 10 nitrogen and oxygen atoms in total. The molecule has 50 heavy (non-hydrogen) atoms. The van der Waals surface area contributed by atoms with E-state index >= 15 is 0 Å². The summed E-state index contributed by atoms with van der Waals surface area (Å²) in [5.41, 5.74) is 1.03. The molecule has 2 saturated heterocycles. The third-order valence-corrected chi connectivity index (χ3v) is 12.0. The standard InChI is InChI=1S/C34H32ClF4N7O3S/c1-43-11-4-7-21(43)19-49-34-41-25-18-45(26-9-3-6-20-5-2-8-24(35)27(20)26)12-10-22(25)33(42-34)44-13-15-46(16-14-44)50(47,48)32-30(38)28(36)23(17-40)29(37)31(32)39/h2-3,5-6,8-9,21H,4,7,10-16,18-19H2,1H3/t21-/m0/s1. The van der Waals surface area contributed by atoms with Crippen LogP contribution in [0, 0.1) is 34.6 Å². The zero-order valence-electron chi connectivity index (χ0n) is 27.0. The van der Waals surface area contributed by atoms with E-state index in [1.807, 2.05) is 48.3 Å². The number of sulfonamides is 1. The maximum Gasteiger partial charge on any atom is 0.318 e. The van der Waals surface area contributed by atoms with Gasteiger partial charge in [-0.05, 0) is 50.4 Å². The van der Waals surface area contributed by atoms with Crippen molar-refractivity contribution in [3.05, 3.63) is 81.5 Å². The molecule has 0 amide bonds. The van der Waals surface area contributed by atoms with Gasteiger partial charge in [0.2, 0.25) is 10.0 Å². The van der Waals surface area contributed by atoms with E-state index in [1.54, 1.807) is 0 Å². The average Bonchev–Trinajstić information content (AvgIpc) is 3.53. The fourth-order valence-corrected chi connectivity index (χ4v) is 8.84. The minimum atomic E-state index is -5.02. The molecule has 7 rings (SSSR count). The van der Waals surface area contributed by atoms with Crippen molar-refractivity contribution in [3.8, 4) is 12.1 Å². The highest BCUT2D eigenvalue weighted by atomic mass is 35.5. The first kappa shape index (κ1) is 34.2. The van der Waals surface area contributed by atoms with Crippen LogP contribution in [0.15, 0.2) is 41.3 Å². The highest BCUT2D eigenvalue weighted by molar-refractivity contribution is 7.89. The number of ether oxygens (including phenoxy) is 1. The zero-order valence-corrected chi connectivity index (χ0v) is 28.5. The summed E-state index contributed by atoms with van der Waals surface area (Å²) in [5, 5.41) is 11.5. The van der Waals surface area contributed by atoms with E-state index in [-0.39, 0.29) is 38.2 Å². The Balaban J connectivity index is 1.18. The quantitative estimate of drug-likeness (QED) is 0.186. The van der Waals surface area contributed by atoms with Crippen molar-refractivity contribution in [3.63, 3.8) is 0 Å². The van der Waals surface area contributed by atoms with Crippen LogP contribution in [0.5, 0.6) is 6.01 Å². The summed E-state index contributed by atoms with van der Waals surface area (Å²) < 4.78 is 91.9. The number of nitriles is 1. The molecule has 0 unspecified atom stereocenters. The van der Waals surface area contributed by atoms with Crippen molar-refractivity contribution in [1.82, 2.24) is 19.2 Å². The number of piperazine rings is 1. The zero-order chi connectivity index (χ0) is 35.3. The van der Waals surface area contributed by atoms with Gasteiger partial charge < -0.3 is 19.4 Å². The van der Waals surface area contributed by atoms with Crippen molar-refractivity contribution in [2.75, 3.05) is 62.7 Å². The number of nitrogens with zero attached hydrogens (tertiary/aromatic N) is 7. The summed E-state index contributed by atoms with van der Waals surface area (Å²) in [7, 11) is -2.98. The molecule has 3 aliphatic rings. The van der Waals surface area contributed by atoms with Gasteiger partial charge in [0.15, 0.2) is 28.2 Å². The fourth-order valence-electron chi connectivity index (χ4n) is 7.03. The Morgan fingerprint density at radius 3 is 2.30 bits per heavy atom. The van der Waals surface area contributed by atoms with Crippen LogP contribution in [0.2, 0.25) is 5.02 Å². The average molecular weight is 730 g/mol. The van der Waals surface area contributed by atoms with E-state index < -0.39 is 43.8 Å². The van der Waals surface area contributed by atoms with Gasteiger partial charge >= 0.3 is 6.01 Å². The number of halogens is 5. The van der Waals surface area contributed by atoms with Crippen LogP contribution in [0.25, 0.3) is 10.8 Å². The van der Waals surface area contributed by atoms with Gasteiger partial charge in [-0.3, -0.25) is 0 Å². The van der Waals surface area contributed by atoms with Crippen molar-refractivity contribution < 1.29 is 30.7 Å². The molecule has 0 aliphatic carbocycles. The van der Waals surface area contributed by atoms with Gasteiger partial charge in [-0.1, -0.05) is 35.9 Å². The molecule has 2 fully saturated rings. The van der Waals surface area contributed by atoms with E-state index in [1.165, 1.54) is 0 Å². The van der Waals surface area contributed by atoms with Crippen LogP contribution in [-0.4, -0.2) is 86.6 Å². The summed E-state index contributed by atoms with van der Waals surface area (Å²) >= 11 is 6.66. The van der Waals surface area contributed by atoms with E-state index in [0.717, 1.165) is 57.5 Å². The number of likely N-dealkylation sites (N-methyl/N-ethyl adjacent to an activating group) is 1. The number of benzene rings is 3. The van der Waals surface area contributed by atoms with Gasteiger partial charge in [0.05, 0.1) is 17.3 Å². The Morgan fingerprint density at radius 2 is 1.64 bits per heavy atom. The lowest BCUT2D eigenvalue weighted by molar-refractivity contribution is 0.187. The predicted molar refractivity (Wildman–Crippen MR) is 179 cm³/mol. The minimum Gasteiger partial charge on any atom is -0.462 e. The second-order valence-electron chi connectivity index (χ2n) is 12.6. The molecule has 4 heterocycles. The largest absolute Gasteiger partial charge is 0.462 e. The second kappa shape index (κ2) is 13.5. The highest BCUT2D eigenvalue weighted by Gasteiger charge is 2.39. The summed E-state index contributed by atoms with van der Waals surface area (Å²) in [6, 6.07) is 13.2. The minimum absolute atomic E-state index is 0.0562. The lowest BCUT2D eigenvalue weighted by Gasteiger charge is -2.38. The number of rotatable bonds is 7. The highest BCUT2D eigenvalue weighted by Crippen LogP contribution is 2.38. The lowest BCUT2D eigenvalue weighted by atomic mass is 10.0. The summed E-state index contributed by atoms with van der Waals surface area (Å²) in [6.07, 6.45) is 2.59. The second-order valence-corrected chi connectivity index (χ2v) is 14.9. The third-order valence-electron chi connectivity index (χ3n) is 9.74.